The van der Waals surface area contributed by atoms with Gasteiger partial charge in [-0.2, -0.15) is 0 Å². The normalized spacial score (nSPS) is 23.4. The fourth-order valence-electron chi connectivity index (χ4n) is 4.98. The predicted molar refractivity (Wildman–Crippen MR) is 125 cm³/mol. The Kier molecular flexibility index (Phi) is 6.18. The summed E-state index contributed by atoms with van der Waals surface area (Å²) in [6.07, 6.45) is 8.99. The van der Waals surface area contributed by atoms with Gasteiger partial charge in [0, 0.05) is 30.5 Å². The van der Waals surface area contributed by atoms with Crippen molar-refractivity contribution in [3.05, 3.63) is 58.9 Å². The van der Waals surface area contributed by atoms with Gasteiger partial charge in [-0.3, -0.25) is 4.99 Å². The van der Waals surface area contributed by atoms with Crippen LogP contribution in [0, 0.1) is 17.7 Å². The Labute approximate surface area is 190 Å². The Bertz CT molecular complexity index is 1050. The molecule has 5 heteroatoms. The summed E-state index contributed by atoms with van der Waals surface area (Å²) in [6, 6.07) is 12.8. The van der Waals surface area contributed by atoms with Crippen LogP contribution in [0.1, 0.15) is 46.0 Å². The van der Waals surface area contributed by atoms with E-state index in [1.54, 1.807) is 12.1 Å². The second-order valence-corrected chi connectivity index (χ2v) is 9.99. The van der Waals surface area contributed by atoms with E-state index in [0.717, 1.165) is 35.2 Å². The van der Waals surface area contributed by atoms with Crippen molar-refractivity contribution in [3.8, 4) is 11.5 Å². The first kappa shape index (κ1) is 21.4. The second kappa shape index (κ2) is 9.22. The molecule has 1 saturated carbocycles. The summed E-state index contributed by atoms with van der Waals surface area (Å²) >= 11 is 0. The SMILES string of the molecule is CC(C)N1CCC[C@H](CN2C=c3cc(Oc4ccc(F)cc4)ccc3=NC2CC2CC2)C1. The molecule has 2 heterocycles. The van der Waals surface area contributed by atoms with Gasteiger partial charge >= 0.3 is 0 Å². The molecule has 0 aromatic heterocycles. The molecule has 0 N–H and O–H groups in total. The molecule has 1 saturated heterocycles. The molecule has 0 radical (unpaired) electrons. The number of ether oxygens (including phenoxy) is 1. The van der Waals surface area contributed by atoms with Gasteiger partial charge in [-0.1, -0.05) is 12.8 Å². The summed E-state index contributed by atoms with van der Waals surface area (Å²) in [7, 11) is 0. The summed E-state index contributed by atoms with van der Waals surface area (Å²) in [6.45, 7) is 8.07. The summed E-state index contributed by atoms with van der Waals surface area (Å²) in [5.41, 5.74) is 0. The Morgan fingerprint density at radius 2 is 1.81 bits per heavy atom. The van der Waals surface area contributed by atoms with E-state index >= 15 is 0 Å². The highest BCUT2D eigenvalue weighted by molar-refractivity contribution is 5.35. The molecule has 0 bridgehead atoms. The molecule has 32 heavy (non-hydrogen) atoms. The molecule has 5 rings (SSSR count). The largest absolute Gasteiger partial charge is 0.457 e. The van der Waals surface area contributed by atoms with Gasteiger partial charge in [0.15, 0.2) is 0 Å². The zero-order chi connectivity index (χ0) is 22.1. The van der Waals surface area contributed by atoms with Gasteiger partial charge in [0.05, 0.1) is 5.36 Å². The number of halogens is 1. The molecule has 2 atom stereocenters. The highest BCUT2D eigenvalue weighted by atomic mass is 19.1. The third-order valence-electron chi connectivity index (χ3n) is 7.01. The molecule has 2 fully saturated rings. The molecule has 0 spiro atoms. The van der Waals surface area contributed by atoms with Crippen LogP contribution in [0.25, 0.3) is 6.20 Å². The predicted octanol–water partition coefficient (Wildman–Crippen LogP) is 4.54. The van der Waals surface area contributed by atoms with E-state index in [0.29, 0.717) is 17.7 Å². The maximum Gasteiger partial charge on any atom is 0.128 e. The third-order valence-corrected chi connectivity index (χ3v) is 7.01. The number of piperidine rings is 1. The van der Waals surface area contributed by atoms with Crippen LogP contribution >= 0.6 is 0 Å². The lowest BCUT2D eigenvalue weighted by atomic mass is 9.96. The smallest absolute Gasteiger partial charge is 0.128 e. The summed E-state index contributed by atoms with van der Waals surface area (Å²) < 4.78 is 19.2. The van der Waals surface area contributed by atoms with Crippen LogP contribution in [0.5, 0.6) is 11.5 Å². The van der Waals surface area contributed by atoms with Gasteiger partial charge in [-0.25, -0.2) is 4.39 Å². The average Bonchev–Trinajstić information content (AvgIpc) is 3.60. The molecule has 2 aliphatic heterocycles. The van der Waals surface area contributed by atoms with Crippen molar-refractivity contribution in [2.24, 2.45) is 16.8 Å². The Morgan fingerprint density at radius 3 is 2.56 bits per heavy atom. The fourth-order valence-corrected chi connectivity index (χ4v) is 4.98. The average molecular weight is 436 g/mol. The van der Waals surface area contributed by atoms with Gasteiger partial charge < -0.3 is 14.5 Å². The van der Waals surface area contributed by atoms with E-state index in [1.807, 2.05) is 6.07 Å². The zero-order valence-electron chi connectivity index (χ0n) is 19.2. The number of nitrogens with zero attached hydrogens (tertiary/aromatic N) is 3. The number of benzene rings is 2. The number of fused-ring (bicyclic) bond motifs is 1. The van der Waals surface area contributed by atoms with E-state index in [4.69, 9.17) is 9.73 Å². The quantitative estimate of drug-likeness (QED) is 0.639. The van der Waals surface area contributed by atoms with Crippen molar-refractivity contribution < 1.29 is 9.13 Å². The number of rotatable bonds is 7. The van der Waals surface area contributed by atoms with E-state index in [-0.39, 0.29) is 12.0 Å². The lowest BCUT2D eigenvalue weighted by Gasteiger charge is -2.39. The minimum absolute atomic E-state index is 0.244. The third kappa shape index (κ3) is 5.15. The monoisotopic (exact) mass is 435 g/mol. The Balaban J connectivity index is 1.38. The van der Waals surface area contributed by atoms with Crippen molar-refractivity contribution >= 4 is 6.20 Å². The molecular weight excluding hydrogens is 401 g/mol. The van der Waals surface area contributed by atoms with Gasteiger partial charge in [-0.15, -0.1) is 0 Å². The first-order valence-corrected chi connectivity index (χ1v) is 12.2. The van der Waals surface area contributed by atoms with Crippen molar-refractivity contribution in [1.82, 2.24) is 9.80 Å². The number of likely N-dealkylation sites (tertiary alicyclic amines) is 1. The van der Waals surface area contributed by atoms with Crippen molar-refractivity contribution in [1.29, 1.82) is 0 Å². The van der Waals surface area contributed by atoms with E-state index in [9.17, 15) is 4.39 Å². The number of hydrogen-bond acceptors (Lipinski definition) is 4. The van der Waals surface area contributed by atoms with Crippen LogP contribution in [0.3, 0.4) is 0 Å². The molecular formula is C27H34FN3O. The standard InChI is InChI=1S/C27H34FN3O/c1-19(2)30-13-3-4-21(16-30)17-31-18-22-15-25(32-24-9-7-23(28)8-10-24)11-12-26(22)29-27(31)14-20-5-6-20/h7-12,15,18-21,27H,3-6,13-14,16-17H2,1-2H3/t21-,27?/m0/s1. The summed E-state index contributed by atoms with van der Waals surface area (Å²) in [5.74, 6) is 2.65. The first-order chi connectivity index (χ1) is 15.5. The van der Waals surface area contributed by atoms with Gasteiger partial charge in [0.2, 0.25) is 0 Å². The van der Waals surface area contributed by atoms with Crippen molar-refractivity contribution in [2.45, 2.75) is 58.2 Å². The van der Waals surface area contributed by atoms with Crippen LogP contribution in [0.15, 0.2) is 47.5 Å². The topological polar surface area (TPSA) is 28.1 Å². The van der Waals surface area contributed by atoms with E-state index in [2.05, 4.69) is 42.0 Å². The van der Waals surface area contributed by atoms with Crippen LogP contribution in [0.2, 0.25) is 0 Å². The second-order valence-electron chi connectivity index (χ2n) is 9.99. The van der Waals surface area contributed by atoms with E-state index < -0.39 is 0 Å². The highest BCUT2D eigenvalue weighted by Crippen LogP contribution is 2.35. The molecule has 2 aromatic rings. The lowest BCUT2D eigenvalue weighted by molar-refractivity contribution is 0.114. The molecule has 170 valence electrons. The molecule has 2 aromatic carbocycles. The fraction of sp³-hybridized carbons (Fsp3) is 0.519. The zero-order valence-corrected chi connectivity index (χ0v) is 19.2. The van der Waals surface area contributed by atoms with Crippen LogP contribution in [-0.4, -0.2) is 41.6 Å². The maximum atomic E-state index is 13.2. The molecule has 1 aliphatic carbocycles. The van der Waals surface area contributed by atoms with Gasteiger partial charge in [0.1, 0.15) is 23.5 Å². The number of hydrogen-bond donors (Lipinski definition) is 0. The van der Waals surface area contributed by atoms with Crippen LogP contribution in [-0.2, 0) is 0 Å². The lowest BCUT2D eigenvalue weighted by Crippen LogP contribution is -2.47. The van der Waals surface area contributed by atoms with Crippen LogP contribution in [0.4, 0.5) is 4.39 Å². The summed E-state index contributed by atoms with van der Waals surface area (Å²) in [4.78, 5) is 10.3. The van der Waals surface area contributed by atoms with Crippen molar-refractivity contribution in [3.63, 3.8) is 0 Å². The molecule has 0 amide bonds. The Morgan fingerprint density at radius 1 is 1.03 bits per heavy atom. The minimum atomic E-state index is -0.258. The minimum Gasteiger partial charge on any atom is -0.457 e. The van der Waals surface area contributed by atoms with Gasteiger partial charge in [-0.05, 0) is 94.0 Å². The van der Waals surface area contributed by atoms with Crippen LogP contribution < -0.4 is 15.3 Å². The molecule has 4 nitrogen and oxygen atoms in total. The Hall–Kier alpha value is -2.40. The molecule has 1 unspecified atom stereocenters. The molecule has 3 aliphatic rings. The van der Waals surface area contributed by atoms with Crippen molar-refractivity contribution in [2.75, 3.05) is 19.6 Å². The first-order valence-electron chi connectivity index (χ1n) is 12.2. The summed E-state index contributed by atoms with van der Waals surface area (Å²) in [5, 5.41) is 2.15. The van der Waals surface area contributed by atoms with E-state index in [1.165, 1.54) is 50.9 Å². The van der Waals surface area contributed by atoms with Gasteiger partial charge in [0.25, 0.3) is 0 Å². The highest BCUT2D eigenvalue weighted by Gasteiger charge is 2.31. The maximum absolute atomic E-state index is 13.2.